The summed E-state index contributed by atoms with van der Waals surface area (Å²) in [4.78, 5) is 26.6. The Balaban J connectivity index is 2.66. The molecule has 0 aromatic carbocycles. The molecule has 11 heteroatoms. The van der Waals surface area contributed by atoms with Gasteiger partial charge in [-0.05, 0) is 89.9 Å². The number of carbonyl (C=O) groups excluding carboxylic acids is 2. The Hall–Kier alpha value is -2.64. The summed E-state index contributed by atoms with van der Waals surface area (Å²) in [5, 5.41) is 57.0. The van der Waals surface area contributed by atoms with Gasteiger partial charge in [-0.2, -0.15) is 0 Å². The van der Waals surface area contributed by atoms with E-state index in [4.69, 9.17) is 14.2 Å². The van der Waals surface area contributed by atoms with Gasteiger partial charge in [0.1, 0.15) is 24.4 Å². The zero-order valence-corrected chi connectivity index (χ0v) is 50.3. The second-order valence-corrected chi connectivity index (χ2v) is 22.5. The lowest BCUT2D eigenvalue weighted by Gasteiger charge is -2.41. The summed E-state index contributed by atoms with van der Waals surface area (Å²) < 4.78 is 17.6. The number of unbranched alkanes of at least 4 members (excludes halogenated alkanes) is 33. The van der Waals surface area contributed by atoms with Gasteiger partial charge >= 0.3 is 5.97 Å². The van der Waals surface area contributed by atoms with Crippen molar-refractivity contribution in [3.8, 4) is 0 Å². The van der Waals surface area contributed by atoms with Crippen molar-refractivity contribution in [3.05, 3.63) is 60.8 Å². The molecule has 1 rings (SSSR count). The fourth-order valence-electron chi connectivity index (χ4n) is 9.95. The number of ether oxygens (including phenoxy) is 3. The van der Waals surface area contributed by atoms with E-state index in [1.165, 1.54) is 161 Å². The van der Waals surface area contributed by atoms with Crippen molar-refractivity contribution in [3.63, 3.8) is 0 Å². The third kappa shape index (κ3) is 42.2. The summed E-state index contributed by atoms with van der Waals surface area (Å²) in [6.07, 6.45) is 58.3. The van der Waals surface area contributed by atoms with E-state index in [0.717, 1.165) is 83.5 Å². The van der Waals surface area contributed by atoms with Crippen molar-refractivity contribution in [2.45, 2.75) is 339 Å². The molecule has 78 heavy (non-hydrogen) atoms. The Bertz CT molecular complexity index is 1500. The minimum atomic E-state index is -1.62. The second-order valence-electron chi connectivity index (χ2n) is 22.5. The summed E-state index contributed by atoms with van der Waals surface area (Å²) in [6, 6.07) is -1.03. The van der Waals surface area contributed by atoms with Gasteiger partial charge in [-0.1, -0.05) is 255 Å². The third-order valence-electron chi connectivity index (χ3n) is 15.1. The fourth-order valence-corrected chi connectivity index (χ4v) is 9.95. The van der Waals surface area contributed by atoms with E-state index in [2.05, 4.69) is 74.7 Å². The highest BCUT2D eigenvalue weighted by molar-refractivity contribution is 5.80. The van der Waals surface area contributed by atoms with Crippen molar-refractivity contribution in [1.82, 2.24) is 5.32 Å². The van der Waals surface area contributed by atoms with Gasteiger partial charge in [-0.15, -0.1) is 0 Å². The molecule has 0 spiro atoms. The van der Waals surface area contributed by atoms with Crippen LogP contribution >= 0.6 is 0 Å². The number of nitrogens with one attached hydrogen (secondary N) is 1. The Morgan fingerprint density at radius 3 is 1.36 bits per heavy atom. The zero-order valence-electron chi connectivity index (χ0n) is 50.3. The number of hydrogen-bond donors (Lipinski definition) is 6. The number of carbonyl (C=O) groups is 2. The van der Waals surface area contributed by atoms with E-state index in [9.17, 15) is 35.1 Å². The molecule has 454 valence electrons. The molecule has 1 aliphatic rings. The van der Waals surface area contributed by atoms with Crippen molar-refractivity contribution < 1.29 is 49.3 Å². The molecule has 1 aliphatic heterocycles. The molecule has 8 unspecified atom stereocenters. The standard InChI is InChI=1S/C67H121NO10/c1-4-7-10-13-16-19-22-25-27-28-29-30-31-32-33-34-36-39-42-45-48-51-54-60(71)66(75)68-58(59(70)53-50-47-44-41-38-35-24-21-18-15-12-9-6-3)57-76-67-65(64(74)63(73)61(56-69)77-67)78-62(72)55-52-49-46-43-40-37-26-23-20-17-14-11-8-5-2/h16,19,25,27,29-30,37,40,50,53,58-61,63-65,67,69-71,73-74H,4-15,17-18,20-24,26,28,31-36,38-39,41-49,51-52,54-57H2,1-3H3,(H,68,75)/b19-16-,27-25-,30-29-,40-37-,53-50+. The second kappa shape index (κ2) is 54.9. The molecule has 0 aromatic heterocycles. The maximum absolute atomic E-state index is 13.5. The van der Waals surface area contributed by atoms with Crippen LogP contribution in [0, 0.1) is 0 Å². The van der Waals surface area contributed by atoms with Gasteiger partial charge in [0, 0.05) is 6.42 Å². The van der Waals surface area contributed by atoms with Crippen LogP contribution in [-0.2, 0) is 23.8 Å². The Labute approximate surface area is 478 Å². The maximum Gasteiger partial charge on any atom is 0.306 e. The van der Waals surface area contributed by atoms with E-state index in [1.807, 2.05) is 6.08 Å². The first-order chi connectivity index (χ1) is 38.2. The Kier molecular flexibility index (Phi) is 51.7. The molecule has 1 saturated heterocycles. The lowest BCUT2D eigenvalue weighted by atomic mass is 9.99. The summed E-state index contributed by atoms with van der Waals surface area (Å²) in [7, 11) is 0. The van der Waals surface area contributed by atoms with E-state index in [1.54, 1.807) is 6.08 Å². The number of aliphatic hydroxyl groups is 5. The van der Waals surface area contributed by atoms with Crippen molar-refractivity contribution >= 4 is 11.9 Å². The molecular formula is C67H121NO10. The molecule has 0 aromatic rings. The van der Waals surface area contributed by atoms with E-state index >= 15 is 0 Å². The molecule has 0 aliphatic carbocycles. The summed E-state index contributed by atoms with van der Waals surface area (Å²) in [5.41, 5.74) is 0. The number of rotatable bonds is 55. The highest BCUT2D eigenvalue weighted by atomic mass is 16.7. The smallest absolute Gasteiger partial charge is 0.306 e. The summed E-state index contributed by atoms with van der Waals surface area (Å²) >= 11 is 0. The van der Waals surface area contributed by atoms with Crippen LogP contribution in [0.4, 0.5) is 0 Å². The van der Waals surface area contributed by atoms with Crippen LogP contribution in [0.25, 0.3) is 0 Å². The Morgan fingerprint density at radius 2 is 0.885 bits per heavy atom. The molecular weight excluding hydrogens is 979 g/mol. The van der Waals surface area contributed by atoms with Crippen LogP contribution in [0.1, 0.15) is 290 Å². The topological polar surface area (TPSA) is 175 Å². The van der Waals surface area contributed by atoms with Gasteiger partial charge in [-0.25, -0.2) is 0 Å². The number of aliphatic hydroxyl groups excluding tert-OH is 5. The molecule has 1 fully saturated rings. The van der Waals surface area contributed by atoms with Gasteiger partial charge in [0.2, 0.25) is 5.91 Å². The molecule has 6 N–H and O–H groups in total. The molecule has 8 atom stereocenters. The van der Waals surface area contributed by atoms with Crippen LogP contribution in [0.3, 0.4) is 0 Å². The zero-order chi connectivity index (χ0) is 56.8. The third-order valence-corrected chi connectivity index (χ3v) is 15.1. The average molecular weight is 1100 g/mol. The number of allylic oxidation sites excluding steroid dienone is 9. The van der Waals surface area contributed by atoms with Gasteiger partial charge in [0.25, 0.3) is 0 Å². The normalized spacial score (nSPS) is 19.3. The largest absolute Gasteiger partial charge is 0.454 e. The van der Waals surface area contributed by atoms with Crippen LogP contribution in [-0.4, -0.2) is 99.6 Å². The van der Waals surface area contributed by atoms with Gasteiger partial charge in [-0.3, -0.25) is 9.59 Å². The predicted molar refractivity (Wildman–Crippen MR) is 324 cm³/mol. The number of amides is 1. The summed E-state index contributed by atoms with van der Waals surface area (Å²) in [6.45, 7) is 5.76. The number of hydrogen-bond acceptors (Lipinski definition) is 10. The van der Waals surface area contributed by atoms with Gasteiger partial charge in [0.15, 0.2) is 12.4 Å². The van der Waals surface area contributed by atoms with Crippen LogP contribution in [0.2, 0.25) is 0 Å². The van der Waals surface area contributed by atoms with Crippen molar-refractivity contribution in [1.29, 1.82) is 0 Å². The minimum Gasteiger partial charge on any atom is -0.454 e. The molecule has 1 amide bonds. The van der Waals surface area contributed by atoms with Gasteiger partial charge in [0.05, 0.1) is 25.4 Å². The highest BCUT2D eigenvalue weighted by Gasteiger charge is 2.47. The first-order valence-electron chi connectivity index (χ1n) is 32.6. The molecule has 0 bridgehead atoms. The Morgan fingerprint density at radius 1 is 0.500 bits per heavy atom. The molecule has 11 nitrogen and oxygen atoms in total. The molecule has 0 saturated carbocycles. The van der Waals surface area contributed by atoms with E-state index in [-0.39, 0.29) is 19.4 Å². The fraction of sp³-hybridized carbons (Fsp3) is 0.821. The lowest BCUT2D eigenvalue weighted by molar-refractivity contribution is -0.305. The minimum absolute atomic E-state index is 0.103. The van der Waals surface area contributed by atoms with Gasteiger partial charge < -0.3 is 45.1 Å². The molecule has 0 radical (unpaired) electrons. The average Bonchev–Trinajstić information content (AvgIpc) is 3.45. The lowest BCUT2D eigenvalue weighted by Crippen LogP contribution is -2.61. The first kappa shape index (κ1) is 73.4. The van der Waals surface area contributed by atoms with E-state index in [0.29, 0.717) is 12.8 Å². The quantitative estimate of drug-likeness (QED) is 0.0195. The van der Waals surface area contributed by atoms with Crippen LogP contribution in [0.15, 0.2) is 60.8 Å². The van der Waals surface area contributed by atoms with Crippen LogP contribution < -0.4 is 5.32 Å². The number of esters is 1. The maximum atomic E-state index is 13.5. The SMILES string of the molecule is CCCCC/C=C\C/C=C\C/C=C\CCCCCCCCCCCC(O)C(=O)NC(COC1OC(CO)C(O)C(O)C1OC(=O)CCCCC/C=C\CCCCCCCCC)C(O)/C=C/CCCCCCCCCCCCC. The van der Waals surface area contributed by atoms with Crippen molar-refractivity contribution in [2.24, 2.45) is 0 Å². The highest BCUT2D eigenvalue weighted by Crippen LogP contribution is 2.26. The van der Waals surface area contributed by atoms with Crippen molar-refractivity contribution in [2.75, 3.05) is 13.2 Å². The predicted octanol–water partition coefficient (Wildman–Crippen LogP) is 15.8. The van der Waals surface area contributed by atoms with Crippen LogP contribution in [0.5, 0.6) is 0 Å². The van der Waals surface area contributed by atoms with E-state index < -0.39 is 67.4 Å². The molecule has 1 heterocycles. The summed E-state index contributed by atoms with van der Waals surface area (Å²) in [5.74, 6) is -1.21. The first-order valence-corrected chi connectivity index (χ1v) is 32.6. The monoisotopic (exact) mass is 1100 g/mol.